The van der Waals surface area contributed by atoms with E-state index in [1.54, 1.807) is 0 Å². The van der Waals surface area contributed by atoms with Crippen molar-refractivity contribution in [3.05, 3.63) is 64.7 Å². The molecule has 1 N–H and O–H groups in total. The number of hydrogen-bond acceptors (Lipinski definition) is 6. The second-order valence-electron chi connectivity index (χ2n) is 8.28. The van der Waals surface area contributed by atoms with Crippen LogP contribution in [0, 0.1) is 0 Å². The number of ether oxygens (including phenoxy) is 2. The minimum Gasteiger partial charge on any atom is -0.489 e. The summed E-state index contributed by atoms with van der Waals surface area (Å²) in [6.07, 6.45) is -0.0626. The maximum Gasteiger partial charge on any atom is 0.255 e. The van der Waals surface area contributed by atoms with Crippen LogP contribution in [0.5, 0.6) is 5.75 Å². The quantitative estimate of drug-likeness (QED) is 0.672. The number of benzene rings is 2. The van der Waals surface area contributed by atoms with Gasteiger partial charge >= 0.3 is 0 Å². The lowest BCUT2D eigenvalue weighted by atomic mass is 10.0. The van der Waals surface area contributed by atoms with Gasteiger partial charge in [0, 0.05) is 37.2 Å². The van der Waals surface area contributed by atoms with Crippen molar-refractivity contribution in [2.75, 3.05) is 26.3 Å². The van der Waals surface area contributed by atoms with Gasteiger partial charge in [0.2, 0.25) is 11.8 Å². The average Bonchev–Trinajstić information content (AvgIpc) is 3.08. The second-order valence-corrected chi connectivity index (χ2v) is 8.28. The zero-order chi connectivity index (χ0) is 26.3. The summed E-state index contributed by atoms with van der Waals surface area (Å²) in [5.41, 5.74) is 1.48. The van der Waals surface area contributed by atoms with E-state index in [0.29, 0.717) is 0 Å². The maximum absolute atomic E-state index is 13.3. The first-order valence-electron chi connectivity index (χ1n) is 13.0. The number of nitrogens with zero attached hydrogens (tertiary/aromatic N) is 2. The number of rotatable bonds is 6. The Kier molecular flexibility index (Phi) is 4.88. The number of carbonyl (C=O) groups excluding carboxylic acids is 3. The van der Waals surface area contributed by atoms with E-state index in [9.17, 15) is 14.4 Å². The third kappa shape index (κ3) is 4.62. The van der Waals surface area contributed by atoms with Crippen LogP contribution in [-0.4, -0.2) is 59.9 Å². The first kappa shape index (κ1) is 17.3. The van der Waals surface area contributed by atoms with E-state index in [4.69, 9.17) is 15.0 Å². The molecule has 0 aliphatic carbocycles. The fourth-order valence-corrected chi connectivity index (χ4v) is 4.18. The summed E-state index contributed by atoms with van der Waals surface area (Å²) >= 11 is 0. The van der Waals surface area contributed by atoms with Crippen molar-refractivity contribution in [3.63, 3.8) is 0 Å². The van der Waals surface area contributed by atoms with Crippen molar-refractivity contribution in [1.29, 1.82) is 0 Å². The summed E-state index contributed by atoms with van der Waals surface area (Å²) < 4.78 is 45.2. The van der Waals surface area contributed by atoms with Crippen LogP contribution in [-0.2, 0) is 34.0 Å². The highest BCUT2D eigenvalue weighted by Crippen LogP contribution is 2.34. The lowest BCUT2D eigenvalue weighted by Gasteiger charge is -2.29. The minimum atomic E-state index is -2.48. The van der Waals surface area contributed by atoms with Gasteiger partial charge in [0.05, 0.1) is 25.2 Å². The summed E-state index contributed by atoms with van der Waals surface area (Å²) in [5, 5.41) is 2.15. The minimum absolute atomic E-state index is 0.0264. The third-order valence-electron chi connectivity index (χ3n) is 6.01. The predicted molar refractivity (Wildman–Crippen MR) is 119 cm³/mol. The molecule has 0 spiro atoms. The van der Waals surface area contributed by atoms with Gasteiger partial charge in [0.25, 0.3) is 5.91 Å². The molecule has 2 fully saturated rings. The normalized spacial score (nSPS) is 24.4. The van der Waals surface area contributed by atoms with E-state index < -0.39 is 36.3 Å². The van der Waals surface area contributed by atoms with Gasteiger partial charge in [-0.15, -0.1) is 0 Å². The fourth-order valence-electron chi connectivity index (χ4n) is 4.18. The average molecular weight is 454 g/mol. The van der Waals surface area contributed by atoms with Gasteiger partial charge in [-0.1, -0.05) is 30.3 Å². The number of piperidine rings is 1. The Morgan fingerprint density at radius 1 is 1.12 bits per heavy atom. The molecule has 5 rings (SSSR count). The fraction of sp³-hybridized carbons (Fsp3) is 0.400. The number of carbonyl (C=O) groups is 3. The standard InChI is InChI=1S/C25H27N3O5/c29-23-9-8-21(24(30)26-23)28-15-20-19(25(28)31)2-1-3-22(20)33-16-18-6-4-17(5-7-18)14-27-10-12-32-13-11-27/h1-7,21H,8-16H2,(H,26,29,30)/i1D,2D,15D2. The lowest BCUT2D eigenvalue weighted by molar-refractivity contribution is -0.136. The summed E-state index contributed by atoms with van der Waals surface area (Å²) in [7, 11) is 0. The number of hydrogen-bond donors (Lipinski definition) is 1. The van der Waals surface area contributed by atoms with E-state index in [-0.39, 0.29) is 42.4 Å². The van der Waals surface area contributed by atoms with Gasteiger partial charge in [-0.2, -0.15) is 0 Å². The van der Waals surface area contributed by atoms with Gasteiger partial charge in [-0.3, -0.25) is 24.6 Å². The Morgan fingerprint density at radius 2 is 1.88 bits per heavy atom. The third-order valence-corrected chi connectivity index (χ3v) is 6.01. The molecule has 2 aromatic carbocycles. The first-order chi connectivity index (χ1) is 17.7. The zero-order valence-corrected chi connectivity index (χ0v) is 18.1. The molecule has 2 saturated heterocycles. The van der Waals surface area contributed by atoms with E-state index in [1.807, 2.05) is 24.3 Å². The molecule has 0 bridgehead atoms. The number of amides is 3. The van der Waals surface area contributed by atoms with Gasteiger partial charge in [-0.25, -0.2) is 0 Å². The second kappa shape index (κ2) is 9.33. The van der Waals surface area contributed by atoms with Crippen LogP contribution in [0.15, 0.2) is 42.4 Å². The number of morpholine rings is 1. The van der Waals surface area contributed by atoms with Crippen LogP contribution < -0.4 is 10.1 Å². The predicted octanol–water partition coefficient (Wildman–Crippen LogP) is 1.86. The number of nitrogens with one attached hydrogen (secondary N) is 1. The van der Waals surface area contributed by atoms with Crippen molar-refractivity contribution in [2.45, 2.75) is 38.5 Å². The van der Waals surface area contributed by atoms with E-state index in [2.05, 4.69) is 10.2 Å². The molecule has 2 aromatic rings. The van der Waals surface area contributed by atoms with Gasteiger partial charge in [0.1, 0.15) is 18.4 Å². The summed E-state index contributed by atoms with van der Waals surface area (Å²) in [6, 6.07) is 7.10. The molecule has 1 unspecified atom stereocenters. The Bertz CT molecular complexity index is 1250. The highest BCUT2D eigenvalue weighted by atomic mass is 16.5. The molecule has 0 radical (unpaired) electrons. The van der Waals surface area contributed by atoms with Gasteiger partial charge in [0.15, 0.2) is 0 Å². The Morgan fingerprint density at radius 3 is 2.64 bits per heavy atom. The van der Waals surface area contributed by atoms with Crippen molar-refractivity contribution >= 4 is 17.7 Å². The Balaban J connectivity index is 1.37. The van der Waals surface area contributed by atoms with Crippen molar-refractivity contribution in [3.8, 4) is 5.75 Å². The number of imide groups is 1. The van der Waals surface area contributed by atoms with Gasteiger partial charge < -0.3 is 14.4 Å². The van der Waals surface area contributed by atoms with E-state index in [1.165, 1.54) is 6.07 Å². The zero-order valence-electron chi connectivity index (χ0n) is 22.1. The molecular formula is C25H27N3O5. The van der Waals surface area contributed by atoms with Gasteiger partial charge in [-0.05, 0) is 29.7 Å². The van der Waals surface area contributed by atoms with Crippen molar-refractivity contribution in [1.82, 2.24) is 15.1 Å². The van der Waals surface area contributed by atoms with E-state index >= 15 is 0 Å². The molecule has 8 nitrogen and oxygen atoms in total. The number of fused-ring (bicyclic) bond motifs is 1. The molecular weight excluding hydrogens is 422 g/mol. The molecule has 0 saturated carbocycles. The van der Waals surface area contributed by atoms with Crippen LogP contribution in [0.1, 0.15) is 45.4 Å². The Labute approximate surface area is 198 Å². The molecule has 3 heterocycles. The SMILES string of the molecule is [2H]c1cc(OCc2ccc(CN3CCOCC3)cc2)c2c(c1[2H])C(=O)N(C1CCC(=O)NC1=O)C2([2H])[2H]. The molecule has 1 atom stereocenters. The van der Waals surface area contributed by atoms with Crippen molar-refractivity contribution in [2.24, 2.45) is 0 Å². The van der Waals surface area contributed by atoms with Crippen LogP contribution in [0.4, 0.5) is 0 Å². The molecule has 3 aliphatic rings. The highest BCUT2D eigenvalue weighted by molar-refractivity contribution is 6.05. The van der Waals surface area contributed by atoms with Crippen LogP contribution in [0.2, 0.25) is 0 Å². The molecule has 0 aromatic heterocycles. The van der Waals surface area contributed by atoms with Crippen LogP contribution >= 0.6 is 0 Å². The Hall–Kier alpha value is -3.23. The molecule has 3 amide bonds. The summed E-state index contributed by atoms with van der Waals surface area (Å²) in [6.45, 7) is 1.61. The van der Waals surface area contributed by atoms with Crippen LogP contribution in [0.3, 0.4) is 0 Å². The largest absolute Gasteiger partial charge is 0.489 e. The monoisotopic (exact) mass is 453 g/mol. The molecule has 8 heteroatoms. The van der Waals surface area contributed by atoms with E-state index in [0.717, 1.165) is 48.9 Å². The maximum atomic E-state index is 13.3. The highest BCUT2D eigenvalue weighted by Gasteiger charge is 2.40. The topological polar surface area (TPSA) is 88.2 Å². The smallest absolute Gasteiger partial charge is 0.255 e. The van der Waals surface area contributed by atoms with Crippen molar-refractivity contribution < 1.29 is 29.3 Å². The molecule has 33 heavy (non-hydrogen) atoms. The summed E-state index contributed by atoms with van der Waals surface area (Å²) in [5.74, 6) is -2.15. The lowest BCUT2D eigenvalue weighted by Crippen LogP contribution is -2.52. The van der Waals surface area contributed by atoms with Crippen LogP contribution in [0.25, 0.3) is 0 Å². The first-order valence-corrected chi connectivity index (χ1v) is 11.0. The molecule has 3 aliphatic heterocycles. The molecule has 172 valence electrons. The summed E-state index contributed by atoms with van der Waals surface area (Å²) in [4.78, 5) is 40.4.